The number of hydrogen-bond donors (Lipinski definition) is 1. The van der Waals surface area contributed by atoms with E-state index in [9.17, 15) is 34.8 Å². The molecule has 7 rings (SSSR count). The van der Waals surface area contributed by atoms with Gasteiger partial charge in [-0.05, 0) is 43.7 Å². The molecule has 3 aromatic carbocycles. The van der Waals surface area contributed by atoms with Gasteiger partial charge in [0.25, 0.3) is 0 Å². The number of sulfone groups is 3. The molecular formula is C40H43Cl2N9O8S3. The Morgan fingerprint density at radius 3 is 1.56 bits per heavy atom. The summed E-state index contributed by atoms with van der Waals surface area (Å²) >= 11 is 12.6. The fourth-order valence-electron chi connectivity index (χ4n) is 6.39. The number of nitrogens with zero attached hydrogens (tertiary/aromatic N) is 8. The lowest BCUT2D eigenvalue weighted by Gasteiger charge is -2.36. The number of carbonyl (C=O) groups is 2. The van der Waals surface area contributed by atoms with Crippen molar-refractivity contribution < 1.29 is 34.8 Å². The van der Waals surface area contributed by atoms with Crippen molar-refractivity contribution in [2.45, 2.75) is 43.9 Å². The molecule has 0 atom stereocenters. The largest absolute Gasteiger partial charge is 0.352 e. The van der Waals surface area contributed by atoms with E-state index in [1.165, 1.54) is 20.9 Å². The first-order valence-electron chi connectivity index (χ1n) is 19.0. The van der Waals surface area contributed by atoms with Crippen LogP contribution in [0.3, 0.4) is 0 Å². The molecule has 0 spiro atoms. The molecule has 2 aliphatic rings. The summed E-state index contributed by atoms with van der Waals surface area (Å²) in [6.45, 7) is 3.98. The van der Waals surface area contributed by atoms with Crippen LogP contribution in [-0.4, -0.2) is 100 Å². The number of para-hydroxylation sites is 2. The zero-order valence-electron chi connectivity index (χ0n) is 34.0. The summed E-state index contributed by atoms with van der Waals surface area (Å²) in [5.41, 5.74) is 2.73. The van der Waals surface area contributed by atoms with Gasteiger partial charge in [0.1, 0.15) is 31.3 Å². The van der Waals surface area contributed by atoms with E-state index in [-0.39, 0.29) is 61.3 Å². The highest BCUT2D eigenvalue weighted by molar-refractivity contribution is 7.91. The third-order valence-corrected chi connectivity index (χ3v) is 13.3. The molecule has 0 bridgehead atoms. The molecule has 4 amide bonds. The topological polar surface area (TPSA) is 213 Å². The molecule has 2 aromatic heterocycles. The molecule has 0 saturated heterocycles. The van der Waals surface area contributed by atoms with E-state index in [4.69, 9.17) is 23.2 Å². The molecule has 17 nitrogen and oxygen atoms in total. The highest BCUT2D eigenvalue weighted by atomic mass is 35.5. The predicted octanol–water partition coefficient (Wildman–Crippen LogP) is 6.04. The van der Waals surface area contributed by atoms with Crippen molar-refractivity contribution in [3.63, 3.8) is 0 Å². The normalized spacial score (nSPS) is 14.3. The van der Waals surface area contributed by atoms with Gasteiger partial charge in [0.15, 0.2) is 0 Å². The van der Waals surface area contributed by atoms with Crippen molar-refractivity contribution in [3.05, 3.63) is 118 Å². The molecule has 5 aromatic rings. The molecule has 0 unspecified atom stereocenters. The van der Waals surface area contributed by atoms with E-state index in [0.29, 0.717) is 49.9 Å². The predicted molar refractivity (Wildman–Crippen MR) is 240 cm³/mol. The number of fused-ring (bicyclic) bond motifs is 2. The van der Waals surface area contributed by atoms with Gasteiger partial charge in [0, 0.05) is 55.2 Å². The summed E-state index contributed by atoms with van der Waals surface area (Å²) in [5, 5.41) is 3.44. The van der Waals surface area contributed by atoms with Gasteiger partial charge in [-0.2, -0.15) is 4.98 Å². The minimum atomic E-state index is -3.92. The Morgan fingerprint density at radius 2 is 1.10 bits per heavy atom. The second kappa shape index (κ2) is 18.9. The number of nitrogens with one attached hydrogen (secondary N) is 1. The Balaban J connectivity index is 0.000000211. The molecule has 2 aliphatic heterocycles. The maximum atomic E-state index is 13.4. The van der Waals surface area contributed by atoms with Gasteiger partial charge < -0.3 is 5.32 Å². The molecule has 0 radical (unpaired) electrons. The Kier molecular flexibility index (Phi) is 14.1. The summed E-state index contributed by atoms with van der Waals surface area (Å²) < 4.78 is 73.0. The highest BCUT2D eigenvalue weighted by Crippen LogP contribution is 2.36. The Bertz CT molecular complexity index is 2820. The van der Waals surface area contributed by atoms with Crippen molar-refractivity contribution in [1.29, 1.82) is 0 Å². The maximum Gasteiger partial charge on any atom is 0.330 e. The number of amides is 4. The number of benzene rings is 3. The zero-order valence-corrected chi connectivity index (χ0v) is 38.0. The molecular weight excluding hydrogens is 902 g/mol. The number of rotatable bonds is 13. The van der Waals surface area contributed by atoms with Gasteiger partial charge in [-0.15, -0.1) is 0 Å². The van der Waals surface area contributed by atoms with Crippen molar-refractivity contribution in [2.24, 2.45) is 0 Å². The molecule has 62 heavy (non-hydrogen) atoms. The average molecular weight is 945 g/mol. The second-order valence-electron chi connectivity index (χ2n) is 14.8. The van der Waals surface area contributed by atoms with Crippen molar-refractivity contribution in [3.8, 4) is 0 Å². The van der Waals surface area contributed by atoms with Gasteiger partial charge in [-0.3, -0.25) is 19.6 Å². The summed E-state index contributed by atoms with van der Waals surface area (Å²) in [5.74, 6) is 0.0528. The lowest BCUT2D eigenvalue weighted by molar-refractivity contribution is 0.249. The van der Waals surface area contributed by atoms with Crippen LogP contribution in [-0.2, 0) is 48.4 Å². The van der Waals surface area contributed by atoms with Crippen molar-refractivity contribution >= 4 is 93.7 Å². The minimum absolute atomic E-state index is 0.0102. The Labute approximate surface area is 370 Å². The fourth-order valence-corrected chi connectivity index (χ4v) is 9.09. The van der Waals surface area contributed by atoms with Gasteiger partial charge in [-0.25, -0.2) is 49.8 Å². The summed E-state index contributed by atoms with van der Waals surface area (Å²) in [4.78, 5) is 49.1. The van der Waals surface area contributed by atoms with Gasteiger partial charge in [0.05, 0.1) is 51.8 Å². The molecule has 4 heterocycles. The summed E-state index contributed by atoms with van der Waals surface area (Å²) in [6, 6.07) is 21.5. The minimum Gasteiger partial charge on any atom is -0.352 e. The van der Waals surface area contributed by atoms with Crippen LogP contribution in [0, 0.1) is 0 Å². The van der Waals surface area contributed by atoms with E-state index >= 15 is 0 Å². The molecule has 1 N–H and O–H groups in total. The van der Waals surface area contributed by atoms with Gasteiger partial charge in [0.2, 0.25) is 20.9 Å². The lowest BCUT2D eigenvalue weighted by Crippen LogP contribution is -2.49. The van der Waals surface area contributed by atoms with Crippen LogP contribution < -0.4 is 24.9 Å². The summed E-state index contributed by atoms with van der Waals surface area (Å²) in [6.07, 6.45) is 5.20. The monoisotopic (exact) mass is 943 g/mol. The number of aromatic nitrogens is 4. The quantitative estimate of drug-likeness (QED) is 0.134. The van der Waals surface area contributed by atoms with Crippen LogP contribution in [0.4, 0.5) is 38.5 Å². The van der Waals surface area contributed by atoms with E-state index < -0.39 is 40.7 Å². The van der Waals surface area contributed by atoms with Crippen LogP contribution in [0.25, 0.3) is 0 Å². The van der Waals surface area contributed by atoms with E-state index in [2.05, 4.69) is 25.3 Å². The Morgan fingerprint density at radius 1 is 0.645 bits per heavy atom. The number of halogens is 2. The Hall–Kier alpha value is -5.41. The highest BCUT2D eigenvalue weighted by Gasteiger charge is 2.36. The maximum absolute atomic E-state index is 13.4. The van der Waals surface area contributed by atoms with Crippen LogP contribution in [0.15, 0.2) is 96.4 Å². The van der Waals surface area contributed by atoms with E-state index in [1.807, 2.05) is 13.8 Å². The molecule has 22 heteroatoms. The lowest BCUT2D eigenvalue weighted by atomic mass is 10.2. The third kappa shape index (κ3) is 11.3. The van der Waals surface area contributed by atoms with Crippen LogP contribution in [0.5, 0.6) is 0 Å². The van der Waals surface area contributed by atoms with Gasteiger partial charge in [-0.1, -0.05) is 77.8 Å². The van der Waals surface area contributed by atoms with E-state index in [1.54, 1.807) is 85.1 Å². The first-order chi connectivity index (χ1) is 29.2. The zero-order chi connectivity index (χ0) is 45.0. The van der Waals surface area contributed by atoms with E-state index in [0.717, 1.165) is 17.4 Å². The first-order valence-corrected chi connectivity index (χ1v) is 25.5. The number of urea groups is 2. The molecule has 0 saturated carbocycles. The standard InChI is InChI=1S/C22H21ClN4O5S2.C18H22ClN5O3S/c1-33(29,30)12-11-26-20-17(14-27(22(26)28)19-10-6-5-9-18(19)23)13-24-21(25-20)34(31,32)15-16-7-3-2-4-8-16;1-12(2)21-17-20-10-13-11-24(15-7-5-4-6-14(15)19)18(25)23(16(13)22-17)8-9-28(3,26)27/h2-10,13H,11-12,14-15H2,1H3;4-7,10,12H,8-9,11H2,1-3H3,(H,20,21,22). The molecule has 0 fully saturated rings. The molecule has 0 aliphatic carbocycles. The van der Waals surface area contributed by atoms with Crippen molar-refractivity contribution in [2.75, 3.05) is 62.0 Å². The molecule has 328 valence electrons. The smallest absolute Gasteiger partial charge is 0.330 e. The SMILES string of the molecule is CC(C)Nc1ncc2c(n1)N(CCS(C)(=O)=O)C(=O)N(c1ccccc1Cl)C2.CS(=O)(=O)CCN1C(=O)N(c2ccccc2Cl)Cc2cnc(S(=O)(=O)Cc3ccccc3)nc21. The number of hydrogen-bond acceptors (Lipinski definition) is 13. The van der Waals surface area contributed by atoms with Crippen LogP contribution in [0.1, 0.15) is 30.5 Å². The first kappa shape index (κ1) is 46.1. The average Bonchev–Trinajstić information content (AvgIpc) is 3.20. The van der Waals surface area contributed by atoms with Gasteiger partial charge >= 0.3 is 12.1 Å². The number of anilines is 5. The van der Waals surface area contributed by atoms with Crippen molar-refractivity contribution in [1.82, 2.24) is 19.9 Å². The second-order valence-corrected chi connectivity index (χ2v) is 22.0. The van der Waals surface area contributed by atoms with Crippen LogP contribution in [0.2, 0.25) is 10.0 Å². The van der Waals surface area contributed by atoms with Crippen LogP contribution >= 0.6 is 23.2 Å². The fraction of sp³-hybridized carbons (Fsp3) is 0.300. The number of carbonyl (C=O) groups excluding carboxylic acids is 2. The third-order valence-electron chi connectivity index (χ3n) is 9.31. The summed E-state index contributed by atoms with van der Waals surface area (Å²) in [7, 11) is -10.6.